The lowest BCUT2D eigenvalue weighted by atomic mass is 9.99. The number of alkyl halides is 1. The Morgan fingerprint density at radius 1 is 1.27 bits per heavy atom. The molecule has 1 nitrogen and oxygen atoms in total. The lowest BCUT2D eigenvalue weighted by Gasteiger charge is -2.42. The van der Waals surface area contributed by atoms with Crippen LogP contribution < -0.4 is 0 Å². The van der Waals surface area contributed by atoms with E-state index in [0.29, 0.717) is 5.92 Å². The van der Waals surface area contributed by atoms with Crippen molar-refractivity contribution in [1.82, 2.24) is 4.90 Å². The molecule has 0 heterocycles. The van der Waals surface area contributed by atoms with Crippen molar-refractivity contribution in [2.45, 2.75) is 31.3 Å². The molecule has 0 rings (SSSR count). The lowest BCUT2D eigenvalue weighted by Crippen LogP contribution is -2.55. The first-order valence-corrected chi connectivity index (χ1v) is 5.58. The molecule has 68 valence electrons. The van der Waals surface area contributed by atoms with Gasteiger partial charge in [0.25, 0.3) is 0 Å². The van der Waals surface area contributed by atoms with Crippen LogP contribution in [0.3, 0.4) is 0 Å². The second kappa shape index (κ2) is 3.92. The first-order chi connectivity index (χ1) is 4.83. The van der Waals surface area contributed by atoms with E-state index in [4.69, 9.17) is 11.6 Å². The predicted molar refractivity (Wildman–Crippen MR) is 56.5 cm³/mol. The third kappa shape index (κ3) is 2.20. The Hall–Kier alpha value is 0.467. The van der Waals surface area contributed by atoms with E-state index in [9.17, 15) is 0 Å². The minimum atomic E-state index is 0.238. The van der Waals surface area contributed by atoms with Gasteiger partial charge in [-0.25, -0.2) is 0 Å². The summed E-state index contributed by atoms with van der Waals surface area (Å²) in [5.74, 6) is 0.636. The molecule has 11 heavy (non-hydrogen) atoms. The zero-order chi connectivity index (χ0) is 9.23. The maximum absolute atomic E-state index is 6.17. The molecule has 0 saturated carbocycles. The van der Waals surface area contributed by atoms with Gasteiger partial charge in [0.2, 0.25) is 0 Å². The fourth-order valence-electron chi connectivity index (χ4n) is 1.33. The highest BCUT2D eigenvalue weighted by molar-refractivity contribution is 6.28. The molecule has 2 atom stereocenters. The molecule has 0 aliphatic heterocycles. The van der Waals surface area contributed by atoms with Crippen molar-refractivity contribution in [3.63, 3.8) is 0 Å². The molecule has 0 spiro atoms. The Kier molecular flexibility index (Phi) is 4.09. The average molecular weight is 194 g/mol. The molecule has 0 aromatic rings. The molecule has 0 amide bonds. The third-order valence-electron chi connectivity index (χ3n) is 2.94. The smallest absolute Gasteiger partial charge is 0.0456 e. The molecular weight excluding hydrogens is 174 g/mol. The van der Waals surface area contributed by atoms with Gasteiger partial charge >= 0.3 is 0 Å². The molecule has 0 aromatic carbocycles. The van der Waals surface area contributed by atoms with E-state index in [1.807, 2.05) is 0 Å². The summed E-state index contributed by atoms with van der Waals surface area (Å²) in [7, 11) is 5.35. The highest BCUT2D eigenvalue weighted by atomic mass is 35.5. The minimum Gasteiger partial charge on any atom is -0.306 e. The first kappa shape index (κ1) is 11.5. The second-order valence-electron chi connectivity index (χ2n) is 3.89. The molecule has 0 bridgehead atoms. The number of halogens is 1. The summed E-state index contributed by atoms with van der Waals surface area (Å²) in [6.07, 6.45) is 0. The van der Waals surface area contributed by atoms with Gasteiger partial charge in [-0.05, 0) is 26.9 Å². The number of hydrogen-bond donors (Lipinski definition) is 0. The highest BCUT2D eigenvalue weighted by Gasteiger charge is 2.35. The maximum Gasteiger partial charge on any atom is 0.0456 e. The monoisotopic (exact) mass is 193 g/mol. The van der Waals surface area contributed by atoms with E-state index in [1.165, 1.54) is 0 Å². The van der Waals surface area contributed by atoms with Crippen molar-refractivity contribution in [3.8, 4) is 0 Å². The summed E-state index contributed by atoms with van der Waals surface area (Å²) in [6, 6.07) is 0. The number of hydrogen-bond acceptors (Lipinski definition) is 1. The Labute approximate surface area is 78.5 Å². The van der Waals surface area contributed by atoms with E-state index in [-0.39, 0.29) is 10.5 Å². The molecule has 0 N–H and O–H groups in total. The summed E-state index contributed by atoms with van der Waals surface area (Å²) < 4.78 is 0. The van der Waals surface area contributed by atoms with Crippen molar-refractivity contribution in [1.29, 1.82) is 0 Å². The van der Waals surface area contributed by atoms with Crippen LogP contribution in [0.4, 0.5) is 0 Å². The largest absolute Gasteiger partial charge is 0.306 e. The summed E-state index contributed by atoms with van der Waals surface area (Å²) in [4.78, 5) is 2.27. The molecule has 0 aliphatic carbocycles. The van der Waals surface area contributed by atoms with Crippen LogP contribution in [0.15, 0.2) is 0 Å². The van der Waals surface area contributed by atoms with Gasteiger partial charge in [-0.1, -0.05) is 13.8 Å². The molecule has 0 aromatic heterocycles. The van der Waals surface area contributed by atoms with Crippen molar-refractivity contribution in [3.05, 3.63) is 0 Å². The standard InChI is InChI=1S/C8H20ClNSi/c1-6(2)8(11,7(3)9)10(4)5/h6-7H,1-5,11H3. The Morgan fingerprint density at radius 2 is 1.64 bits per heavy atom. The fourth-order valence-corrected chi connectivity index (χ4v) is 1.78. The van der Waals surface area contributed by atoms with Crippen LogP contribution in [-0.4, -0.2) is 39.8 Å². The van der Waals surface area contributed by atoms with E-state index in [1.54, 1.807) is 0 Å². The molecule has 0 radical (unpaired) electrons. The van der Waals surface area contributed by atoms with Gasteiger partial charge in [0.05, 0.1) is 0 Å². The van der Waals surface area contributed by atoms with Gasteiger partial charge < -0.3 is 4.90 Å². The van der Waals surface area contributed by atoms with E-state index < -0.39 is 0 Å². The Morgan fingerprint density at radius 3 is 1.64 bits per heavy atom. The topological polar surface area (TPSA) is 3.24 Å². The van der Waals surface area contributed by atoms with Gasteiger partial charge in [0.1, 0.15) is 0 Å². The predicted octanol–water partition coefficient (Wildman–Crippen LogP) is 0.893. The van der Waals surface area contributed by atoms with Gasteiger partial charge in [-0.2, -0.15) is 0 Å². The van der Waals surface area contributed by atoms with Crippen LogP contribution >= 0.6 is 11.6 Å². The summed E-state index contributed by atoms with van der Waals surface area (Å²) in [5, 5.41) is 0.478. The fraction of sp³-hybridized carbons (Fsp3) is 1.00. The van der Waals surface area contributed by atoms with E-state index in [0.717, 1.165) is 10.2 Å². The Bertz CT molecular complexity index is 101. The average Bonchev–Trinajstić information content (AvgIpc) is 1.84. The van der Waals surface area contributed by atoms with Crippen LogP contribution in [0, 0.1) is 5.92 Å². The SMILES string of the molecule is CC(C)C([SiH3])(C(C)Cl)N(C)C. The van der Waals surface area contributed by atoms with Crippen LogP contribution in [0.1, 0.15) is 20.8 Å². The third-order valence-corrected chi connectivity index (χ3v) is 6.66. The second-order valence-corrected chi connectivity index (χ2v) is 6.15. The van der Waals surface area contributed by atoms with E-state index >= 15 is 0 Å². The minimum absolute atomic E-state index is 0.238. The number of rotatable bonds is 3. The molecular formula is C8H20ClNSi. The Balaban J connectivity index is 4.53. The van der Waals surface area contributed by atoms with Crippen molar-refractivity contribution in [2.75, 3.05) is 14.1 Å². The summed E-state index contributed by atoms with van der Waals surface area (Å²) in [6.45, 7) is 6.58. The molecule has 0 saturated heterocycles. The van der Waals surface area contributed by atoms with Crippen molar-refractivity contribution < 1.29 is 0 Å². The van der Waals surface area contributed by atoms with Crippen LogP contribution in [-0.2, 0) is 0 Å². The van der Waals surface area contributed by atoms with E-state index in [2.05, 4.69) is 39.8 Å². The summed E-state index contributed by atoms with van der Waals surface area (Å²) in [5.41, 5.74) is 0. The molecule has 0 aliphatic rings. The van der Waals surface area contributed by atoms with Crippen molar-refractivity contribution in [2.24, 2.45) is 5.92 Å². The van der Waals surface area contributed by atoms with Crippen molar-refractivity contribution >= 4 is 21.8 Å². The zero-order valence-electron chi connectivity index (χ0n) is 8.48. The maximum atomic E-state index is 6.17. The molecule has 2 unspecified atom stereocenters. The van der Waals surface area contributed by atoms with Gasteiger partial charge in [0.15, 0.2) is 0 Å². The first-order valence-electron chi connectivity index (χ1n) is 4.15. The normalized spacial score (nSPS) is 20.7. The van der Waals surface area contributed by atoms with Crippen LogP contribution in [0.25, 0.3) is 0 Å². The zero-order valence-corrected chi connectivity index (χ0v) is 11.2. The van der Waals surface area contributed by atoms with Gasteiger partial charge in [-0.15, -0.1) is 11.6 Å². The lowest BCUT2D eigenvalue weighted by molar-refractivity contribution is 0.183. The number of nitrogens with zero attached hydrogens (tertiary/aromatic N) is 1. The quantitative estimate of drug-likeness (QED) is 0.476. The summed E-state index contributed by atoms with van der Waals surface area (Å²) >= 11 is 6.17. The molecule has 3 heteroatoms. The highest BCUT2D eigenvalue weighted by Crippen LogP contribution is 2.26. The van der Waals surface area contributed by atoms with Gasteiger partial charge in [0, 0.05) is 20.8 Å². The molecule has 0 fully saturated rings. The van der Waals surface area contributed by atoms with Crippen LogP contribution in [0.5, 0.6) is 0 Å². The van der Waals surface area contributed by atoms with Gasteiger partial charge in [-0.3, -0.25) is 0 Å². The van der Waals surface area contributed by atoms with Crippen LogP contribution in [0.2, 0.25) is 0 Å².